The first-order valence-electron chi connectivity index (χ1n) is 10.7. The zero-order valence-electron chi connectivity index (χ0n) is 18.7. The third-order valence-electron chi connectivity index (χ3n) is 5.26. The molecule has 1 aromatic heterocycles. The topological polar surface area (TPSA) is 76.0 Å². The van der Waals surface area contributed by atoms with Crippen LogP contribution in [-0.2, 0) is 4.79 Å². The minimum atomic E-state index is -0.348. The second-order valence-electron chi connectivity index (χ2n) is 7.67. The van der Waals surface area contributed by atoms with E-state index >= 15 is 0 Å². The van der Waals surface area contributed by atoms with Gasteiger partial charge in [-0.25, -0.2) is 4.68 Å². The van der Waals surface area contributed by atoms with Crippen LogP contribution < -0.4 is 10.6 Å². The van der Waals surface area contributed by atoms with Gasteiger partial charge < -0.3 is 10.6 Å². The number of nitrogens with zero attached hydrogens (tertiary/aromatic N) is 2. The average molecular weight is 471 g/mol. The molecule has 7 heteroatoms. The number of carbonyl (C=O) groups is 2. The van der Waals surface area contributed by atoms with Gasteiger partial charge in [0, 0.05) is 11.1 Å². The summed E-state index contributed by atoms with van der Waals surface area (Å²) in [6, 6.07) is 23.7. The van der Waals surface area contributed by atoms with Gasteiger partial charge in [-0.2, -0.15) is 5.10 Å². The van der Waals surface area contributed by atoms with Gasteiger partial charge in [0.1, 0.15) is 0 Å². The fourth-order valence-electron chi connectivity index (χ4n) is 3.54. The average Bonchev–Trinajstić information content (AvgIpc) is 3.13. The van der Waals surface area contributed by atoms with Crippen LogP contribution >= 0.6 is 11.6 Å². The van der Waals surface area contributed by atoms with Crippen LogP contribution in [0, 0.1) is 13.8 Å². The highest BCUT2D eigenvalue weighted by molar-refractivity contribution is 6.30. The van der Waals surface area contributed by atoms with E-state index in [-0.39, 0.29) is 11.8 Å². The summed E-state index contributed by atoms with van der Waals surface area (Å²) >= 11 is 5.89. The van der Waals surface area contributed by atoms with Crippen molar-refractivity contribution in [1.82, 2.24) is 9.78 Å². The highest BCUT2D eigenvalue weighted by Gasteiger charge is 2.18. The van der Waals surface area contributed by atoms with Gasteiger partial charge in [-0.15, -0.1) is 0 Å². The van der Waals surface area contributed by atoms with Crippen molar-refractivity contribution in [3.05, 3.63) is 112 Å². The van der Waals surface area contributed by atoms with Crippen molar-refractivity contribution in [3.8, 4) is 5.69 Å². The summed E-state index contributed by atoms with van der Waals surface area (Å²) in [4.78, 5) is 25.6. The van der Waals surface area contributed by atoms with Gasteiger partial charge in [0.2, 0.25) is 5.91 Å². The molecular weight excluding hydrogens is 448 g/mol. The number of para-hydroxylation sites is 2. The summed E-state index contributed by atoms with van der Waals surface area (Å²) in [6.45, 7) is 3.75. The molecule has 170 valence electrons. The summed E-state index contributed by atoms with van der Waals surface area (Å²) in [5.74, 6) is -0.684. The van der Waals surface area contributed by atoms with Gasteiger partial charge in [-0.1, -0.05) is 54.1 Å². The Hall–Kier alpha value is -4.16. The Morgan fingerprint density at radius 2 is 1.56 bits per heavy atom. The van der Waals surface area contributed by atoms with Crippen LogP contribution in [0.4, 0.5) is 11.4 Å². The Balaban J connectivity index is 1.52. The second kappa shape index (κ2) is 10.2. The summed E-state index contributed by atoms with van der Waals surface area (Å²) in [6.07, 6.45) is 3.09. The first-order chi connectivity index (χ1) is 16.4. The number of aryl methyl sites for hydroxylation is 1. The number of hydrogen-bond acceptors (Lipinski definition) is 3. The van der Waals surface area contributed by atoms with E-state index < -0.39 is 0 Å². The standard InChI is InChI=1S/C27H23ClN4O2/c1-18-26(19(2)32(31-18)22-8-4-3-5-9-22)30-27(34)23-10-6-7-11-24(23)29-25(33)17-14-20-12-15-21(28)16-13-20/h3-17H,1-2H3,(H,29,33)(H,30,34)/b17-14+. The van der Waals surface area contributed by atoms with Crippen LogP contribution in [0.15, 0.2) is 84.9 Å². The van der Waals surface area contributed by atoms with Gasteiger partial charge in [-0.3, -0.25) is 9.59 Å². The van der Waals surface area contributed by atoms with Crippen molar-refractivity contribution in [2.24, 2.45) is 0 Å². The van der Waals surface area contributed by atoms with E-state index in [0.717, 1.165) is 16.9 Å². The summed E-state index contributed by atoms with van der Waals surface area (Å²) in [5, 5.41) is 10.9. The quantitative estimate of drug-likeness (QED) is 0.337. The molecule has 0 saturated heterocycles. The van der Waals surface area contributed by atoms with Crippen LogP contribution in [0.25, 0.3) is 11.8 Å². The Morgan fingerprint density at radius 3 is 2.29 bits per heavy atom. The highest BCUT2D eigenvalue weighted by Crippen LogP contribution is 2.25. The molecule has 0 bridgehead atoms. The van der Waals surface area contributed by atoms with Crippen LogP contribution in [-0.4, -0.2) is 21.6 Å². The third kappa shape index (κ3) is 5.24. The maximum Gasteiger partial charge on any atom is 0.257 e. The van der Waals surface area contributed by atoms with Gasteiger partial charge in [0.15, 0.2) is 0 Å². The van der Waals surface area contributed by atoms with E-state index in [1.54, 1.807) is 47.2 Å². The van der Waals surface area contributed by atoms with Crippen LogP contribution in [0.3, 0.4) is 0 Å². The van der Waals surface area contributed by atoms with Crippen LogP contribution in [0.1, 0.15) is 27.3 Å². The lowest BCUT2D eigenvalue weighted by molar-refractivity contribution is -0.111. The molecule has 0 aliphatic carbocycles. The van der Waals surface area contributed by atoms with Crippen LogP contribution in [0.2, 0.25) is 5.02 Å². The summed E-state index contributed by atoms with van der Waals surface area (Å²) < 4.78 is 1.79. The molecule has 34 heavy (non-hydrogen) atoms. The molecule has 0 aliphatic heterocycles. The molecule has 0 aliphatic rings. The fraction of sp³-hybridized carbons (Fsp3) is 0.0741. The molecule has 1 heterocycles. The predicted octanol–water partition coefficient (Wildman–Crippen LogP) is 6.05. The number of nitrogens with one attached hydrogen (secondary N) is 2. The van der Waals surface area contributed by atoms with Crippen molar-refractivity contribution < 1.29 is 9.59 Å². The number of aromatic nitrogens is 2. The molecule has 0 spiro atoms. The highest BCUT2D eigenvalue weighted by atomic mass is 35.5. The predicted molar refractivity (Wildman–Crippen MR) is 137 cm³/mol. The molecule has 0 unspecified atom stereocenters. The lowest BCUT2D eigenvalue weighted by atomic mass is 10.1. The van der Waals surface area contributed by atoms with Crippen molar-refractivity contribution in [1.29, 1.82) is 0 Å². The summed E-state index contributed by atoms with van der Waals surface area (Å²) in [7, 11) is 0. The zero-order chi connectivity index (χ0) is 24.1. The molecule has 4 aromatic rings. The Kier molecular flexibility index (Phi) is 6.90. The molecule has 0 fully saturated rings. The number of amides is 2. The van der Waals surface area contributed by atoms with E-state index in [0.29, 0.717) is 27.7 Å². The number of hydrogen-bond donors (Lipinski definition) is 2. The largest absolute Gasteiger partial charge is 0.322 e. The zero-order valence-corrected chi connectivity index (χ0v) is 19.5. The normalized spacial score (nSPS) is 10.9. The van der Waals surface area contributed by atoms with E-state index in [1.165, 1.54) is 6.08 Å². The molecular formula is C27H23ClN4O2. The molecule has 6 nitrogen and oxygen atoms in total. The maximum atomic E-state index is 13.1. The molecule has 2 N–H and O–H groups in total. The van der Waals surface area contributed by atoms with E-state index in [9.17, 15) is 9.59 Å². The van der Waals surface area contributed by atoms with E-state index in [1.807, 2.05) is 56.3 Å². The van der Waals surface area contributed by atoms with Crippen molar-refractivity contribution in [2.45, 2.75) is 13.8 Å². The number of halogens is 1. The van der Waals surface area contributed by atoms with Gasteiger partial charge in [-0.05, 0) is 61.9 Å². The molecule has 2 amide bonds. The molecule has 0 atom stereocenters. The minimum Gasteiger partial charge on any atom is -0.322 e. The third-order valence-corrected chi connectivity index (χ3v) is 5.51. The first-order valence-corrected chi connectivity index (χ1v) is 11.1. The van der Waals surface area contributed by atoms with Crippen molar-refractivity contribution in [3.63, 3.8) is 0 Å². The number of rotatable bonds is 6. The SMILES string of the molecule is Cc1nn(-c2ccccc2)c(C)c1NC(=O)c1ccccc1NC(=O)/C=C/c1ccc(Cl)cc1. The smallest absolute Gasteiger partial charge is 0.257 e. The fourth-order valence-corrected chi connectivity index (χ4v) is 3.66. The Labute approximate surface area is 202 Å². The molecule has 3 aromatic carbocycles. The maximum absolute atomic E-state index is 13.1. The van der Waals surface area contributed by atoms with Crippen molar-refractivity contribution in [2.75, 3.05) is 10.6 Å². The number of anilines is 2. The second-order valence-corrected chi connectivity index (χ2v) is 8.10. The van der Waals surface area contributed by atoms with Gasteiger partial charge in [0.25, 0.3) is 5.91 Å². The monoisotopic (exact) mass is 470 g/mol. The lowest BCUT2D eigenvalue weighted by Gasteiger charge is -2.11. The van der Waals surface area contributed by atoms with Gasteiger partial charge >= 0.3 is 0 Å². The number of benzene rings is 3. The number of carbonyl (C=O) groups excluding carboxylic acids is 2. The first kappa shape index (κ1) is 23.0. The van der Waals surface area contributed by atoms with Crippen molar-refractivity contribution >= 4 is 40.9 Å². The van der Waals surface area contributed by atoms with E-state index in [2.05, 4.69) is 15.7 Å². The Morgan fingerprint density at radius 1 is 0.882 bits per heavy atom. The molecule has 4 rings (SSSR count). The van der Waals surface area contributed by atoms with Crippen LogP contribution in [0.5, 0.6) is 0 Å². The molecule has 0 radical (unpaired) electrons. The lowest BCUT2D eigenvalue weighted by Crippen LogP contribution is -2.17. The Bertz CT molecular complexity index is 1360. The summed E-state index contributed by atoms with van der Waals surface area (Å²) in [5.41, 5.74) is 4.65. The molecule has 0 saturated carbocycles. The van der Waals surface area contributed by atoms with Gasteiger partial charge in [0.05, 0.1) is 34.0 Å². The van der Waals surface area contributed by atoms with E-state index in [4.69, 9.17) is 11.6 Å². The minimum absolute atomic E-state index is 0.337.